The average Bonchev–Trinajstić information content (AvgIpc) is 0.779. The minimum atomic E-state index is -5.61. The maximum Gasteiger partial charge on any atom is 0.470 e. The number of nitrogens with one attached hydrogen (secondary N) is 2. The summed E-state index contributed by atoms with van der Waals surface area (Å²) in [7, 11) is -5.61. The number of ether oxygens (including phenoxy) is 7. The number of hydrogen-bond acceptors (Lipinski definition) is 20. The normalized spacial score (nSPS) is 18.2. The lowest BCUT2D eigenvalue weighted by Crippen LogP contribution is -2.66. The first-order chi connectivity index (χ1) is 53.0. The van der Waals surface area contributed by atoms with Crippen molar-refractivity contribution in [2.45, 2.75) is 488 Å². The van der Waals surface area contributed by atoms with E-state index in [0.717, 1.165) is 225 Å². The Balaban J connectivity index is 4.01. The number of unbranched alkanes of at least 4 members (excludes halogenated alkanes) is 40. The molecule has 0 spiro atoms. The monoisotopic (exact) mass is 1590 g/mol. The molecule has 0 aliphatic carbocycles. The Morgan fingerprint density at radius 3 is 1.20 bits per heavy atom. The number of carbonyl (C=O) groups excluding carboxylic acids is 6. The Hall–Kier alpha value is -3.39. The highest BCUT2D eigenvalue weighted by atomic mass is 31.2. The summed E-state index contributed by atoms with van der Waals surface area (Å²) in [4.78, 5) is 105. The van der Waals surface area contributed by atoms with Gasteiger partial charge in [-0.2, -0.15) is 0 Å². The third-order valence-corrected chi connectivity index (χ3v) is 21.3. The van der Waals surface area contributed by atoms with Crippen molar-refractivity contribution in [2.24, 2.45) is 0 Å². The Morgan fingerprint density at radius 1 is 0.427 bits per heavy atom. The van der Waals surface area contributed by atoms with Crippen LogP contribution in [0.3, 0.4) is 0 Å². The number of amides is 2. The second kappa shape index (κ2) is 69.9. The molecule has 1 heterocycles. The number of esters is 4. The summed E-state index contributed by atoms with van der Waals surface area (Å²) in [5.74, 6) is -4.35. The van der Waals surface area contributed by atoms with Crippen molar-refractivity contribution >= 4 is 43.5 Å². The van der Waals surface area contributed by atoms with Gasteiger partial charge < -0.3 is 79.1 Å². The largest absolute Gasteiger partial charge is 0.470 e. The fraction of sp³-hybridized carbons (Fsp3) is 0.929. The average molecular weight is 1590 g/mol. The maximum absolute atomic E-state index is 15.0. The van der Waals surface area contributed by atoms with Crippen molar-refractivity contribution in [1.82, 2.24) is 10.6 Å². The lowest BCUT2D eigenvalue weighted by Gasteiger charge is -2.45. The van der Waals surface area contributed by atoms with E-state index < -0.39 is 162 Å². The number of carbonyl (C=O) groups is 6. The Kier molecular flexibility index (Phi) is 66.5. The zero-order chi connectivity index (χ0) is 81.3. The highest BCUT2D eigenvalue weighted by molar-refractivity contribution is 7.46. The number of phosphoric acid groups is 1. The minimum absolute atomic E-state index is 0.106. The second-order valence-electron chi connectivity index (χ2n) is 31.5. The molecule has 0 aromatic rings. The van der Waals surface area contributed by atoms with Crippen LogP contribution in [0.25, 0.3) is 0 Å². The molecule has 4 unspecified atom stereocenters. The van der Waals surface area contributed by atoms with Crippen molar-refractivity contribution < 1.29 is 106 Å². The third-order valence-electron chi connectivity index (χ3n) is 20.8. The summed E-state index contributed by atoms with van der Waals surface area (Å²) in [6.07, 6.45) is 28.1. The van der Waals surface area contributed by atoms with Gasteiger partial charge in [0, 0.05) is 12.8 Å². The molecule has 9 N–H and O–H groups in total. The second-order valence-corrected chi connectivity index (χ2v) is 32.7. The van der Waals surface area contributed by atoms with Gasteiger partial charge in [0.15, 0.2) is 18.7 Å². The van der Waals surface area contributed by atoms with Crippen LogP contribution in [0.15, 0.2) is 0 Å². The van der Waals surface area contributed by atoms with E-state index in [9.17, 15) is 68.7 Å². The van der Waals surface area contributed by atoms with Gasteiger partial charge in [-0.3, -0.25) is 33.3 Å². The topological polar surface area (TPSA) is 359 Å². The number of hydrogen-bond donors (Lipinski definition) is 9. The van der Waals surface area contributed by atoms with Gasteiger partial charge in [0.1, 0.15) is 49.3 Å². The van der Waals surface area contributed by atoms with Crippen LogP contribution in [-0.2, 0) is 71.0 Å². The molecule has 25 heteroatoms. The van der Waals surface area contributed by atoms with E-state index >= 15 is 0 Å². The van der Waals surface area contributed by atoms with Gasteiger partial charge in [0.25, 0.3) is 0 Å². The van der Waals surface area contributed by atoms with Crippen LogP contribution in [0.1, 0.15) is 408 Å². The van der Waals surface area contributed by atoms with Gasteiger partial charge in [-0.05, 0) is 58.3 Å². The molecule has 110 heavy (non-hydrogen) atoms. The number of aliphatic hydroxyl groups excluding tert-OH is 5. The molecule has 0 saturated carbocycles. The molecule has 0 aromatic carbocycles. The first-order valence-corrected chi connectivity index (χ1v) is 45.9. The van der Waals surface area contributed by atoms with Crippen LogP contribution < -0.4 is 10.6 Å². The summed E-state index contributed by atoms with van der Waals surface area (Å²) in [6.45, 7) is 11.6. The number of aliphatic hydroxyl groups is 5. The summed E-state index contributed by atoms with van der Waals surface area (Å²) >= 11 is 0. The van der Waals surface area contributed by atoms with Gasteiger partial charge in [0.05, 0.1) is 57.1 Å². The van der Waals surface area contributed by atoms with E-state index in [0.29, 0.717) is 57.8 Å². The van der Waals surface area contributed by atoms with Crippen molar-refractivity contribution in [1.29, 1.82) is 0 Å². The zero-order valence-corrected chi connectivity index (χ0v) is 70.8. The molecule has 2 amide bonds. The van der Waals surface area contributed by atoms with E-state index in [-0.39, 0.29) is 25.7 Å². The molecule has 0 radical (unpaired) electrons. The van der Waals surface area contributed by atoms with Crippen LogP contribution in [0.2, 0.25) is 0 Å². The Labute approximate surface area is 664 Å². The van der Waals surface area contributed by atoms with Gasteiger partial charge in [-0.25, -0.2) is 4.57 Å². The Bertz CT molecular complexity index is 2300. The lowest BCUT2D eigenvalue weighted by molar-refractivity contribution is -0.285. The molecule has 0 bridgehead atoms. The fourth-order valence-electron chi connectivity index (χ4n) is 14.1. The molecule has 0 aromatic heterocycles. The summed E-state index contributed by atoms with van der Waals surface area (Å²) in [5.41, 5.74) is 0. The highest BCUT2D eigenvalue weighted by Crippen LogP contribution is 2.43. The molecule has 648 valence electrons. The maximum atomic E-state index is 15.0. The molecule has 1 aliphatic rings. The van der Waals surface area contributed by atoms with Gasteiger partial charge in [-0.1, -0.05) is 311 Å². The molecule has 1 fully saturated rings. The Morgan fingerprint density at radius 2 is 0.800 bits per heavy atom. The van der Waals surface area contributed by atoms with Crippen molar-refractivity contribution in [3.05, 3.63) is 0 Å². The van der Waals surface area contributed by atoms with E-state index in [2.05, 4.69) is 52.2 Å². The van der Waals surface area contributed by atoms with Gasteiger partial charge in [0.2, 0.25) is 11.8 Å². The van der Waals surface area contributed by atoms with Crippen molar-refractivity contribution in [2.75, 3.05) is 19.8 Å². The SMILES string of the molecule is CCCCCCCCCCCC(=O)O[C@H](CCCCCCCCC)CC(=O)N[C@H]1C(OC(=O)C[C@@H](CCCCCCCCC)OC(=O)CCCCCCCCCCC)[C@H](OP(=O)(O)O)C(CO)O[C@H]1OCC(OC(O)[C@H](C)NC(=O)C[C@H](O)CCCCCCCCC)[C@@H](O)COC(=O)C[C@H](O)CCCCCCCCC. The van der Waals surface area contributed by atoms with Crippen LogP contribution >= 0.6 is 7.82 Å². The standard InChI is InChI=1S/C85H161N2O22P/c1-8-14-20-26-32-34-40-46-52-58-77(94)104-70(56-50-44-38-30-24-18-12-5)62-76(93)87-81-83(108-80(97)63-71(57-51-45-39-31-25-19-13-6)105-78(95)59-53-47-41-35-33-27-21-15-9-2)82(109-110(99,100)101)73(64-88)107-85(81)103-66-74(72(91)65-102-79(96)61-69(90)55-49-43-37-29-23-17-11-4)106-84(98)67(7)86-75(92)60-68(89)54-48-42-36-28-22-16-10-3/h67-74,81-85,88-91,98H,8-66H2,1-7H3,(H,86,92)(H,87,93)(H2,99,100,101)/t67-,68+,69+,70+,71+,72-,73?,74?,81-,82+,83?,84?,85+/m0/s1. The predicted molar refractivity (Wildman–Crippen MR) is 430 cm³/mol. The van der Waals surface area contributed by atoms with E-state index in [4.69, 9.17) is 37.7 Å². The summed E-state index contributed by atoms with van der Waals surface area (Å²) in [5, 5.41) is 61.8. The minimum Gasteiger partial charge on any atom is -0.463 e. The molecule has 24 nitrogen and oxygen atoms in total. The molecular weight excluding hydrogens is 1430 g/mol. The molecule has 1 saturated heterocycles. The van der Waals surface area contributed by atoms with Crippen LogP contribution in [0.4, 0.5) is 0 Å². The van der Waals surface area contributed by atoms with Crippen LogP contribution in [0, 0.1) is 0 Å². The quantitative estimate of drug-likeness (QED) is 0.00898. The van der Waals surface area contributed by atoms with Crippen molar-refractivity contribution in [3.8, 4) is 0 Å². The van der Waals surface area contributed by atoms with Crippen LogP contribution in [0.5, 0.6) is 0 Å². The molecule has 13 atom stereocenters. The van der Waals surface area contributed by atoms with E-state index in [1.54, 1.807) is 0 Å². The smallest absolute Gasteiger partial charge is 0.463 e. The molecular formula is C85H161N2O22P. The van der Waals surface area contributed by atoms with Crippen LogP contribution in [-0.4, -0.2) is 170 Å². The first kappa shape index (κ1) is 105. The molecule has 1 aliphatic heterocycles. The zero-order valence-electron chi connectivity index (χ0n) is 69.9. The van der Waals surface area contributed by atoms with E-state index in [1.165, 1.54) is 39.0 Å². The first-order valence-electron chi connectivity index (χ1n) is 44.4. The lowest BCUT2D eigenvalue weighted by atomic mass is 9.95. The highest BCUT2D eigenvalue weighted by Gasteiger charge is 2.53. The summed E-state index contributed by atoms with van der Waals surface area (Å²) < 4.78 is 61.0. The summed E-state index contributed by atoms with van der Waals surface area (Å²) in [6, 6.07) is -3.04. The van der Waals surface area contributed by atoms with Crippen molar-refractivity contribution in [3.63, 3.8) is 0 Å². The van der Waals surface area contributed by atoms with Gasteiger partial charge >= 0.3 is 31.7 Å². The molecule has 1 rings (SSSR count). The van der Waals surface area contributed by atoms with E-state index in [1.807, 2.05) is 0 Å². The number of phosphoric ester groups is 1. The van der Waals surface area contributed by atoms with Gasteiger partial charge in [-0.15, -0.1) is 0 Å². The third kappa shape index (κ3) is 57.6. The number of rotatable bonds is 77. The predicted octanol–water partition coefficient (Wildman–Crippen LogP) is 17.2. The fourth-order valence-corrected chi connectivity index (χ4v) is 14.6.